The second-order valence-corrected chi connectivity index (χ2v) is 7.76. The lowest BCUT2D eigenvalue weighted by molar-refractivity contribution is 0.551. The zero-order chi connectivity index (χ0) is 18.3. The summed E-state index contributed by atoms with van der Waals surface area (Å²) in [6.07, 6.45) is 1.82. The molecule has 4 rings (SSSR count). The van der Waals surface area contributed by atoms with Gasteiger partial charge in [-0.05, 0) is 31.2 Å². The lowest BCUT2D eigenvalue weighted by Gasteiger charge is -2.42. The van der Waals surface area contributed by atoms with Crippen LogP contribution in [0.15, 0.2) is 42.6 Å². The highest BCUT2D eigenvalue weighted by atomic mass is 35.5. The van der Waals surface area contributed by atoms with E-state index in [0.29, 0.717) is 21.1 Å². The number of nitrogens with zero attached hydrogens (tertiary/aromatic N) is 4. The Labute approximate surface area is 167 Å². The zero-order valence-electron chi connectivity index (χ0n) is 14.2. The molecule has 0 bridgehead atoms. The standard InChI is InChI=1S/C19H17Cl3N4/c1-12-11-25(5-6-26(12)15-8-13(20)7-14(21)9-15)18-10-23-24-19-16(18)3-2-4-17(19)22/h2-4,7-10,12H,5-6,11H2,1H3/t12-/m0/s1. The van der Waals surface area contributed by atoms with Crippen molar-refractivity contribution in [2.75, 3.05) is 29.4 Å². The van der Waals surface area contributed by atoms with Gasteiger partial charge >= 0.3 is 0 Å². The molecule has 1 fully saturated rings. The molecule has 0 N–H and O–H groups in total. The summed E-state index contributed by atoms with van der Waals surface area (Å²) in [6.45, 7) is 4.78. The quantitative estimate of drug-likeness (QED) is 0.576. The second-order valence-electron chi connectivity index (χ2n) is 6.48. The summed E-state index contributed by atoms with van der Waals surface area (Å²) in [6, 6.07) is 11.8. The first-order valence-electron chi connectivity index (χ1n) is 8.40. The van der Waals surface area contributed by atoms with E-state index in [1.165, 1.54) is 0 Å². The monoisotopic (exact) mass is 406 g/mol. The van der Waals surface area contributed by atoms with Gasteiger partial charge in [0, 0.05) is 46.8 Å². The largest absolute Gasteiger partial charge is 0.366 e. The van der Waals surface area contributed by atoms with Gasteiger partial charge in [-0.25, -0.2) is 0 Å². The number of halogens is 3. The van der Waals surface area contributed by atoms with E-state index < -0.39 is 0 Å². The SMILES string of the molecule is C[C@H]1CN(c2cnnc3c(Cl)cccc23)CCN1c1cc(Cl)cc(Cl)c1. The fourth-order valence-electron chi connectivity index (χ4n) is 3.55. The van der Waals surface area contributed by atoms with Crippen molar-refractivity contribution in [3.8, 4) is 0 Å². The van der Waals surface area contributed by atoms with Gasteiger partial charge in [0.05, 0.1) is 16.9 Å². The van der Waals surface area contributed by atoms with Crippen LogP contribution in [0.3, 0.4) is 0 Å². The molecule has 7 heteroatoms. The maximum absolute atomic E-state index is 6.28. The molecule has 1 saturated heterocycles. The molecule has 1 aliphatic heterocycles. The summed E-state index contributed by atoms with van der Waals surface area (Å²) in [7, 11) is 0. The highest BCUT2D eigenvalue weighted by Gasteiger charge is 2.26. The summed E-state index contributed by atoms with van der Waals surface area (Å²) in [5.41, 5.74) is 2.85. The van der Waals surface area contributed by atoms with Crippen LogP contribution in [0, 0.1) is 0 Å². The Balaban J connectivity index is 1.62. The third kappa shape index (κ3) is 3.29. The van der Waals surface area contributed by atoms with E-state index in [0.717, 1.165) is 41.9 Å². The predicted octanol–water partition coefficient (Wildman–Crippen LogP) is 5.31. The van der Waals surface area contributed by atoms with Crippen molar-refractivity contribution in [1.82, 2.24) is 10.2 Å². The Kier molecular flexibility index (Phi) is 4.82. The molecule has 0 spiro atoms. The molecule has 1 atom stereocenters. The lowest BCUT2D eigenvalue weighted by atomic mass is 10.1. The number of hydrogen-bond acceptors (Lipinski definition) is 4. The number of piperazine rings is 1. The van der Waals surface area contributed by atoms with Crippen molar-refractivity contribution >= 4 is 57.1 Å². The van der Waals surface area contributed by atoms with Gasteiger partial charge in [0.2, 0.25) is 0 Å². The molecule has 2 aromatic carbocycles. The molecule has 0 unspecified atom stereocenters. The average Bonchev–Trinajstić information content (AvgIpc) is 2.61. The van der Waals surface area contributed by atoms with E-state index in [1.807, 2.05) is 36.5 Å². The summed E-state index contributed by atoms with van der Waals surface area (Å²) in [5.74, 6) is 0. The van der Waals surface area contributed by atoms with Crippen LogP contribution in [0.4, 0.5) is 11.4 Å². The molecular formula is C19H17Cl3N4. The Hall–Kier alpha value is -1.75. The van der Waals surface area contributed by atoms with Crippen molar-refractivity contribution in [2.45, 2.75) is 13.0 Å². The van der Waals surface area contributed by atoms with E-state index in [-0.39, 0.29) is 0 Å². The number of anilines is 2. The van der Waals surface area contributed by atoms with Crippen molar-refractivity contribution in [3.05, 3.63) is 57.7 Å². The van der Waals surface area contributed by atoms with Crippen LogP contribution in [0.2, 0.25) is 15.1 Å². The lowest BCUT2D eigenvalue weighted by Crippen LogP contribution is -2.52. The zero-order valence-corrected chi connectivity index (χ0v) is 16.4. The van der Waals surface area contributed by atoms with Crippen LogP contribution in [0.1, 0.15) is 6.92 Å². The normalized spacial score (nSPS) is 17.8. The van der Waals surface area contributed by atoms with Crippen molar-refractivity contribution < 1.29 is 0 Å². The average molecular weight is 408 g/mol. The fourth-order valence-corrected chi connectivity index (χ4v) is 4.28. The van der Waals surface area contributed by atoms with Crippen LogP contribution < -0.4 is 9.80 Å². The van der Waals surface area contributed by atoms with Gasteiger partial charge in [-0.2, -0.15) is 5.10 Å². The third-order valence-corrected chi connectivity index (χ3v) is 5.49. The Bertz CT molecular complexity index is 942. The Morgan fingerprint density at radius 2 is 1.81 bits per heavy atom. The predicted molar refractivity (Wildman–Crippen MR) is 110 cm³/mol. The van der Waals surface area contributed by atoms with Gasteiger partial charge in [0.15, 0.2) is 0 Å². The molecule has 134 valence electrons. The van der Waals surface area contributed by atoms with Crippen LogP contribution in [0.25, 0.3) is 10.9 Å². The first-order chi connectivity index (χ1) is 12.5. The van der Waals surface area contributed by atoms with E-state index in [2.05, 4.69) is 26.9 Å². The molecule has 26 heavy (non-hydrogen) atoms. The van der Waals surface area contributed by atoms with Gasteiger partial charge in [0.1, 0.15) is 5.52 Å². The number of hydrogen-bond donors (Lipinski definition) is 0. The molecule has 2 heterocycles. The van der Waals surface area contributed by atoms with Gasteiger partial charge in [0.25, 0.3) is 0 Å². The minimum absolute atomic E-state index is 0.292. The second kappa shape index (κ2) is 7.10. The minimum atomic E-state index is 0.292. The molecule has 0 saturated carbocycles. The van der Waals surface area contributed by atoms with Crippen LogP contribution in [0.5, 0.6) is 0 Å². The van der Waals surface area contributed by atoms with Crippen molar-refractivity contribution in [2.24, 2.45) is 0 Å². The Morgan fingerprint density at radius 3 is 2.54 bits per heavy atom. The number of aromatic nitrogens is 2. The molecule has 0 aliphatic carbocycles. The topological polar surface area (TPSA) is 32.3 Å². The molecule has 4 nitrogen and oxygen atoms in total. The van der Waals surface area contributed by atoms with Gasteiger partial charge < -0.3 is 9.80 Å². The minimum Gasteiger partial charge on any atom is -0.366 e. The van der Waals surface area contributed by atoms with Gasteiger partial charge in [-0.3, -0.25) is 0 Å². The summed E-state index contributed by atoms with van der Waals surface area (Å²) in [4.78, 5) is 4.67. The molecule has 1 aromatic heterocycles. The molecular weight excluding hydrogens is 391 g/mol. The van der Waals surface area contributed by atoms with E-state index in [1.54, 1.807) is 6.07 Å². The van der Waals surface area contributed by atoms with E-state index >= 15 is 0 Å². The third-order valence-electron chi connectivity index (χ3n) is 4.75. The van der Waals surface area contributed by atoms with Crippen LogP contribution in [-0.2, 0) is 0 Å². The van der Waals surface area contributed by atoms with Crippen LogP contribution in [-0.4, -0.2) is 35.9 Å². The maximum atomic E-state index is 6.28. The van der Waals surface area contributed by atoms with Crippen LogP contribution >= 0.6 is 34.8 Å². The molecule has 0 radical (unpaired) electrons. The van der Waals surface area contributed by atoms with Gasteiger partial charge in [-0.15, -0.1) is 5.10 Å². The summed E-state index contributed by atoms with van der Waals surface area (Å²) in [5, 5.41) is 11.3. The molecule has 3 aromatic rings. The first-order valence-corrected chi connectivity index (χ1v) is 9.54. The van der Waals surface area contributed by atoms with Gasteiger partial charge in [-0.1, -0.05) is 46.9 Å². The highest BCUT2D eigenvalue weighted by molar-refractivity contribution is 6.35. The van der Waals surface area contributed by atoms with E-state index in [4.69, 9.17) is 34.8 Å². The molecule has 0 amide bonds. The fraction of sp³-hybridized carbons (Fsp3) is 0.263. The van der Waals surface area contributed by atoms with E-state index in [9.17, 15) is 0 Å². The summed E-state index contributed by atoms with van der Waals surface area (Å²) < 4.78 is 0. The first kappa shape index (κ1) is 17.7. The number of rotatable bonds is 2. The summed E-state index contributed by atoms with van der Waals surface area (Å²) >= 11 is 18.6. The highest BCUT2D eigenvalue weighted by Crippen LogP contribution is 2.32. The molecule has 1 aliphatic rings. The van der Waals surface area contributed by atoms with Crippen molar-refractivity contribution in [1.29, 1.82) is 0 Å². The number of fused-ring (bicyclic) bond motifs is 1. The Morgan fingerprint density at radius 1 is 1.04 bits per heavy atom. The number of benzene rings is 2. The van der Waals surface area contributed by atoms with Crippen molar-refractivity contribution in [3.63, 3.8) is 0 Å². The maximum Gasteiger partial charge on any atom is 0.114 e. The smallest absolute Gasteiger partial charge is 0.114 e.